The lowest BCUT2D eigenvalue weighted by atomic mass is 10.2. The summed E-state index contributed by atoms with van der Waals surface area (Å²) in [6, 6.07) is 8.05. The molecule has 3 aromatic rings. The molecule has 0 bridgehead atoms. The van der Waals surface area contributed by atoms with Crippen LogP contribution in [-0.2, 0) is 0 Å². The van der Waals surface area contributed by atoms with E-state index in [-0.39, 0.29) is 5.91 Å². The predicted octanol–water partition coefficient (Wildman–Crippen LogP) is 3.40. The van der Waals surface area contributed by atoms with Crippen molar-refractivity contribution in [2.75, 3.05) is 50.1 Å². The van der Waals surface area contributed by atoms with E-state index in [2.05, 4.69) is 44.3 Å². The molecule has 1 amide bonds. The number of ether oxygens (including phenoxy) is 1. The van der Waals surface area contributed by atoms with Gasteiger partial charge in [-0.2, -0.15) is 0 Å². The SMILES string of the molecule is CCOc1ncnc2sc(C(=O)Nc3ccc(N4CCN(C)CC4)cc3)c(C)c12. The number of thiophene rings is 1. The van der Waals surface area contributed by atoms with Gasteiger partial charge in [0, 0.05) is 37.6 Å². The van der Waals surface area contributed by atoms with E-state index in [0.717, 1.165) is 47.6 Å². The summed E-state index contributed by atoms with van der Waals surface area (Å²) in [5.74, 6) is 0.391. The first-order valence-corrected chi connectivity index (χ1v) is 10.6. The molecule has 29 heavy (non-hydrogen) atoms. The number of nitrogens with zero attached hydrogens (tertiary/aromatic N) is 4. The monoisotopic (exact) mass is 411 g/mol. The van der Waals surface area contributed by atoms with Crippen LogP contribution < -0.4 is 15.0 Å². The topological polar surface area (TPSA) is 70.6 Å². The number of likely N-dealkylation sites (N-methyl/N-ethyl adjacent to an activating group) is 1. The molecule has 3 heterocycles. The average Bonchev–Trinajstić information content (AvgIpc) is 3.07. The highest BCUT2D eigenvalue weighted by molar-refractivity contribution is 7.20. The minimum absolute atomic E-state index is 0.139. The molecule has 8 heteroatoms. The van der Waals surface area contributed by atoms with E-state index in [1.807, 2.05) is 26.0 Å². The Morgan fingerprint density at radius 1 is 1.17 bits per heavy atom. The lowest BCUT2D eigenvalue weighted by Crippen LogP contribution is -2.44. The molecule has 1 aromatic carbocycles. The van der Waals surface area contributed by atoms with Crippen molar-refractivity contribution < 1.29 is 9.53 Å². The fourth-order valence-corrected chi connectivity index (χ4v) is 4.54. The number of anilines is 2. The van der Waals surface area contributed by atoms with E-state index >= 15 is 0 Å². The van der Waals surface area contributed by atoms with E-state index in [4.69, 9.17) is 4.74 Å². The van der Waals surface area contributed by atoms with Crippen molar-refractivity contribution in [1.82, 2.24) is 14.9 Å². The lowest BCUT2D eigenvalue weighted by molar-refractivity contribution is 0.103. The number of aromatic nitrogens is 2. The summed E-state index contributed by atoms with van der Waals surface area (Å²) in [6.07, 6.45) is 1.47. The molecule has 1 N–H and O–H groups in total. The van der Waals surface area contributed by atoms with Gasteiger partial charge in [0.15, 0.2) is 0 Å². The summed E-state index contributed by atoms with van der Waals surface area (Å²) >= 11 is 1.36. The second-order valence-electron chi connectivity index (χ2n) is 7.14. The van der Waals surface area contributed by atoms with Crippen molar-refractivity contribution in [3.05, 3.63) is 41.0 Å². The van der Waals surface area contributed by atoms with Crippen LogP contribution in [0.3, 0.4) is 0 Å². The standard InChI is InChI=1S/C21H25N5O2S/c1-4-28-20-17-14(2)18(29-21(17)23-13-22-20)19(27)24-15-5-7-16(8-6-15)26-11-9-25(3)10-12-26/h5-8,13H,4,9-12H2,1-3H3,(H,24,27). The number of carbonyl (C=O) groups excluding carboxylic acids is 1. The van der Waals surface area contributed by atoms with Crippen LogP contribution in [0.1, 0.15) is 22.2 Å². The minimum atomic E-state index is -0.139. The van der Waals surface area contributed by atoms with Crippen molar-refractivity contribution in [3.63, 3.8) is 0 Å². The molecule has 1 aliphatic heterocycles. The number of nitrogens with one attached hydrogen (secondary N) is 1. The highest BCUT2D eigenvalue weighted by Crippen LogP contribution is 2.34. The van der Waals surface area contributed by atoms with Crippen molar-refractivity contribution in [2.24, 2.45) is 0 Å². The fourth-order valence-electron chi connectivity index (χ4n) is 3.51. The summed E-state index contributed by atoms with van der Waals surface area (Å²) in [5, 5.41) is 3.82. The van der Waals surface area contributed by atoms with Gasteiger partial charge in [-0.1, -0.05) is 0 Å². The maximum atomic E-state index is 12.9. The van der Waals surface area contributed by atoms with Crippen LogP contribution in [0.5, 0.6) is 5.88 Å². The molecule has 1 aliphatic rings. The molecule has 0 saturated carbocycles. The third-order valence-electron chi connectivity index (χ3n) is 5.17. The molecular weight excluding hydrogens is 386 g/mol. The van der Waals surface area contributed by atoms with Gasteiger partial charge in [-0.25, -0.2) is 9.97 Å². The molecule has 1 saturated heterocycles. The number of amides is 1. The first kappa shape index (κ1) is 19.6. The van der Waals surface area contributed by atoms with Crippen LogP contribution in [0.15, 0.2) is 30.6 Å². The molecule has 4 rings (SSSR count). The Morgan fingerprint density at radius 3 is 2.59 bits per heavy atom. The van der Waals surface area contributed by atoms with Crippen molar-refractivity contribution in [3.8, 4) is 5.88 Å². The highest BCUT2D eigenvalue weighted by Gasteiger charge is 2.20. The Morgan fingerprint density at radius 2 is 1.90 bits per heavy atom. The number of aryl methyl sites for hydroxylation is 1. The Hall–Kier alpha value is -2.71. The lowest BCUT2D eigenvalue weighted by Gasteiger charge is -2.34. The van der Waals surface area contributed by atoms with Gasteiger partial charge in [0.25, 0.3) is 5.91 Å². The van der Waals surface area contributed by atoms with Crippen LogP contribution in [0, 0.1) is 6.92 Å². The first-order chi connectivity index (χ1) is 14.1. The summed E-state index contributed by atoms with van der Waals surface area (Å²) in [6.45, 7) is 8.51. The van der Waals surface area contributed by atoms with Crippen molar-refractivity contribution in [2.45, 2.75) is 13.8 Å². The van der Waals surface area contributed by atoms with Crippen LogP contribution in [-0.4, -0.2) is 60.6 Å². The quantitative estimate of drug-likeness (QED) is 0.694. The number of piperazine rings is 1. The van der Waals surface area contributed by atoms with Crippen LogP contribution in [0.2, 0.25) is 0 Å². The number of carbonyl (C=O) groups is 1. The van der Waals surface area contributed by atoms with Gasteiger partial charge in [0.1, 0.15) is 11.2 Å². The molecule has 2 aromatic heterocycles. The summed E-state index contributed by atoms with van der Waals surface area (Å²) in [5.41, 5.74) is 2.81. The zero-order chi connectivity index (χ0) is 20.4. The number of fused-ring (bicyclic) bond motifs is 1. The maximum Gasteiger partial charge on any atom is 0.266 e. The zero-order valence-electron chi connectivity index (χ0n) is 16.9. The van der Waals surface area contributed by atoms with Gasteiger partial charge in [0.2, 0.25) is 5.88 Å². The van der Waals surface area contributed by atoms with E-state index in [0.29, 0.717) is 17.4 Å². The van der Waals surface area contributed by atoms with Crippen LogP contribution in [0.25, 0.3) is 10.2 Å². The smallest absolute Gasteiger partial charge is 0.266 e. The number of rotatable bonds is 5. The van der Waals surface area contributed by atoms with Crippen LogP contribution in [0.4, 0.5) is 11.4 Å². The Bertz CT molecular complexity index is 1010. The Labute approximate surface area is 174 Å². The molecule has 0 aliphatic carbocycles. The van der Waals surface area contributed by atoms with Gasteiger partial charge in [-0.15, -0.1) is 11.3 Å². The van der Waals surface area contributed by atoms with E-state index in [9.17, 15) is 4.79 Å². The zero-order valence-corrected chi connectivity index (χ0v) is 17.8. The molecule has 0 unspecified atom stereocenters. The number of hydrogen-bond acceptors (Lipinski definition) is 7. The Balaban J connectivity index is 1.51. The highest BCUT2D eigenvalue weighted by atomic mass is 32.1. The average molecular weight is 412 g/mol. The maximum absolute atomic E-state index is 12.9. The molecule has 0 radical (unpaired) electrons. The Kier molecular flexibility index (Phi) is 5.64. The largest absolute Gasteiger partial charge is 0.477 e. The number of hydrogen-bond donors (Lipinski definition) is 1. The minimum Gasteiger partial charge on any atom is -0.477 e. The van der Waals surface area contributed by atoms with Gasteiger partial charge < -0.3 is 19.9 Å². The normalized spacial score (nSPS) is 14.9. The van der Waals surface area contributed by atoms with Gasteiger partial charge >= 0.3 is 0 Å². The fraction of sp³-hybridized carbons (Fsp3) is 0.381. The predicted molar refractivity (Wildman–Crippen MR) is 117 cm³/mol. The summed E-state index contributed by atoms with van der Waals surface area (Å²) < 4.78 is 5.60. The van der Waals surface area contributed by atoms with Gasteiger partial charge in [0.05, 0.1) is 16.9 Å². The van der Waals surface area contributed by atoms with Gasteiger partial charge in [-0.3, -0.25) is 4.79 Å². The van der Waals surface area contributed by atoms with Crippen LogP contribution >= 0.6 is 11.3 Å². The molecule has 7 nitrogen and oxygen atoms in total. The third kappa shape index (κ3) is 4.04. The molecule has 0 atom stereocenters. The summed E-state index contributed by atoms with van der Waals surface area (Å²) in [4.78, 5) is 27.5. The first-order valence-electron chi connectivity index (χ1n) is 9.78. The molecule has 152 valence electrons. The summed E-state index contributed by atoms with van der Waals surface area (Å²) in [7, 11) is 2.15. The molecule has 1 fully saturated rings. The number of benzene rings is 1. The second-order valence-corrected chi connectivity index (χ2v) is 8.14. The van der Waals surface area contributed by atoms with E-state index in [1.54, 1.807) is 0 Å². The van der Waals surface area contributed by atoms with Crippen molar-refractivity contribution in [1.29, 1.82) is 0 Å². The third-order valence-corrected chi connectivity index (χ3v) is 6.37. The van der Waals surface area contributed by atoms with E-state index in [1.165, 1.54) is 23.4 Å². The second kappa shape index (κ2) is 8.34. The van der Waals surface area contributed by atoms with Gasteiger partial charge in [-0.05, 0) is 50.7 Å². The molecule has 0 spiro atoms. The van der Waals surface area contributed by atoms with Crippen molar-refractivity contribution >= 4 is 38.8 Å². The van der Waals surface area contributed by atoms with E-state index < -0.39 is 0 Å². The molecular formula is C21H25N5O2S.